The van der Waals surface area contributed by atoms with E-state index in [4.69, 9.17) is 14.8 Å². The molecule has 4 aromatic rings. The van der Waals surface area contributed by atoms with E-state index in [0.29, 0.717) is 21.9 Å². The second kappa shape index (κ2) is 10.5. The lowest BCUT2D eigenvalue weighted by Crippen LogP contribution is -2.25. The van der Waals surface area contributed by atoms with Crippen LogP contribution in [0.3, 0.4) is 0 Å². The summed E-state index contributed by atoms with van der Waals surface area (Å²) in [5.41, 5.74) is 5.24. The summed E-state index contributed by atoms with van der Waals surface area (Å²) in [4.78, 5) is 31.0. The van der Waals surface area contributed by atoms with Crippen LogP contribution in [0.4, 0.5) is 11.4 Å². The van der Waals surface area contributed by atoms with Gasteiger partial charge in [0, 0.05) is 23.7 Å². The largest absolute Gasteiger partial charge is 0.482 e. The SMILES string of the molecule is Cc1c(N=c2scc(-c3ccc4c(c3)NC(=O)CO4)n2N=C2CCCCCC2)c(=O)n(-c2ccccc2)n1C. The standard InChI is InChI=1S/C29H30N6O3S/c1-19-27(28(37)35(33(19)2)22-12-8-5-9-13-22)31-29-34(32-21-10-6-3-4-7-11-21)24(18-39-29)20-14-15-25-23(16-20)30-26(36)17-38-25/h5,8-9,12-16,18H,3-4,6-7,10-11,17H2,1-2H3,(H,30,36). The van der Waals surface area contributed by atoms with Crippen LogP contribution < -0.4 is 20.4 Å². The molecular weight excluding hydrogens is 512 g/mol. The van der Waals surface area contributed by atoms with Crippen molar-refractivity contribution in [2.75, 3.05) is 11.9 Å². The first kappa shape index (κ1) is 25.1. The van der Waals surface area contributed by atoms with Crippen molar-refractivity contribution in [3.63, 3.8) is 0 Å². The molecule has 1 aliphatic heterocycles. The first-order valence-electron chi connectivity index (χ1n) is 13.2. The Kier molecular flexibility index (Phi) is 6.78. The number of anilines is 1. The van der Waals surface area contributed by atoms with Gasteiger partial charge in [0.1, 0.15) is 5.75 Å². The summed E-state index contributed by atoms with van der Waals surface area (Å²) in [5, 5.41) is 9.99. The van der Waals surface area contributed by atoms with Gasteiger partial charge in [-0.1, -0.05) is 31.0 Å². The fourth-order valence-corrected chi connectivity index (χ4v) is 5.91. The second-order valence-corrected chi connectivity index (χ2v) is 10.7. The Morgan fingerprint density at radius 3 is 2.54 bits per heavy atom. The first-order valence-corrected chi connectivity index (χ1v) is 14.1. The maximum atomic E-state index is 13.6. The van der Waals surface area contributed by atoms with Gasteiger partial charge in [0.05, 0.1) is 22.8 Å². The zero-order valence-corrected chi connectivity index (χ0v) is 22.8. The van der Waals surface area contributed by atoms with Crippen LogP contribution in [0.25, 0.3) is 16.9 Å². The highest BCUT2D eigenvalue weighted by Crippen LogP contribution is 2.33. The summed E-state index contributed by atoms with van der Waals surface area (Å²) in [6, 6.07) is 15.3. The lowest BCUT2D eigenvalue weighted by Gasteiger charge is -2.18. The minimum absolute atomic E-state index is 0.0123. The van der Waals surface area contributed by atoms with Crippen LogP contribution in [0.2, 0.25) is 0 Å². The number of rotatable bonds is 4. The number of benzene rings is 2. The number of hydrogen-bond donors (Lipinski definition) is 1. The van der Waals surface area contributed by atoms with Gasteiger partial charge in [0.2, 0.25) is 4.80 Å². The molecule has 1 N–H and O–H groups in total. The van der Waals surface area contributed by atoms with Crippen molar-refractivity contribution < 1.29 is 9.53 Å². The van der Waals surface area contributed by atoms with E-state index in [1.807, 2.05) is 77.2 Å². The quantitative estimate of drug-likeness (QED) is 0.362. The lowest BCUT2D eigenvalue weighted by molar-refractivity contribution is -0.118. The average Bonchev–Trinajstić information content (AvgIpc) is 3.27. The van der Waals surface area contributed by atoms with Gasteiger partial charge in [-0.2, -0.15) is 5.10 Å². The summed E-state index contributed by atoms with van der Waals surface area (Å²) < 4.78 is 10.9. The van der Waals surface area contributed by atoms with E-state index in [1.54, 1.807) is 4.68 Å². The van der Waals surface area contributed by atoms with E-state index < -0.39 is 0 Å². The van der Waals surface area contributed by atoms with Crippen molar-refractivity contribution in [3.8, 4) is 22.7 Å². The van der Waals surface area contributed by atoms with Gasteiger partial charge in [-0.3, -0.25) is 14.3 Å². The number of hydrogen-bond acceptors (Lipinski definition) is 6. The van der Waals surface area contributed by atoms with Crippen LogP contribution in [-0.2, 0) is 11.8 Å². The Balaban J connectivity index is 1.52. The molecule has 6 rings (SSSR count). The monoisotopic (exact) mass is 542 g/mol. The van der Waals surface area contributed by atoms with E-state index in [1.165, 1.54) is 24.2 Å². The van der Waals surface area contributed by atoms with E-state index in [0.717, 1.165) is 54.0 Å². The minimum atomic E-state index is -0.182. The van der Waals surface area contributed by atoms with Gasteiger partial charge in [-0.15, -0.1) is 11.3 Å². The van der Waals surface area contributed by atoms with Crippen molar-refractivity contribution >= 4 is 34.3 Å². The summed E-state index contributed by atoms with van der Waals surface area (Å²) in [6.45, 7) is 1.92. The van der Waals surface area contributed by atoms with Crippen LogP contribution >= 0.6 is 11.3 Å². The van der Waals surface area contributed by atoms with Gasteiger partial charge in [-0.05, 0) is 62.9 Å². The number of nitrogens with one attached hydrogen (secondary N) is 1. The molecular formula is C29H30N6O3S. The highest BCUT2D eigenvalue weighted by atomic mass is 32.1. The highest BCUT2D eigenvalue weighted by molar-refractivity contribution is 7.07. The molecule has 9 nitrogen and oxygen atoms in total. The topological polar surface area (TPSA) is 94.9 Å². The third-order valence-corrected chi connectivity index (χ3v) is 8.06. The van der Waals surface area contributed by atoms with Crippen molar-refractivity contribution in [1.82, 2.24) is 14.0 Å². The lowest BCUT2D eigenvalue weighted by atomic mass is 10.1. The maximum Gasteiger partial charge on any atom is 0.297 e. The van der Waals surface area contributed by atoms with E-state index in [2.05, 4.69) is 5.32 Å². The van der Waals surface area contributed by atoms with Crippen LogP contribution in [0.15, 0.2) is 68.8 Å². The van der Waals surface area contributed by atoms with Gasteiger partial charge in [0.15, 0.2) is 12.3 Å². The molecule has 10 heteroatoms. The van der Waals surface area contributed by atoms with Crippen molar-refractivity contribution in [2.24, 2.45) is 17.1 Å². The second-order valence-electron chi connectivity index (χ2n) is 9.87. The number of aromatic nitrogens is 3. The number of carbonyl (C=O) groups excluding carboxylic acids is 1. The number of para-hydroxylation sites is 1. The number of amides is 1. The fraction of sp³-hybridized carbons (Fsp3) is 0.310. The summed E-state index contributed by atoms with van der Waals surface area (Å²) in [5.74, 6) is 0.461. The van der Waals surface area contributed by atoms with Crippen molar-refractivity contribution in [3.05, 3.63) is 74.8 Å². The molecule has 1 fully saturated rings. The average molecular weight is 543 g/mol. The van der Waals surface area contributed by atoms with Crippen LogP contribution in [0.1, 0.15) is 44.2 Å². The smallest absolute Gasteiger partial charge is 0.297 e. The Hall–Kier alpha value is -4.18. The summed E-state index contributed by atoms with van der Waals surface area (Å²) in [6.07, 6.45) is 6.55. The normalized spacial score (nSPS) is 15.9. The van der Waals surface area contributed by atoms with E-state index in [-0.39, 0.29) is 18.1 Å². The Labute approximate surface area is 229 Å². The predicted octanol–water partition coefficient (Wildman–Crippen LogP) is 5.14. The molecule has 1 aliphatic carbocycles. The Bertz CT molecular complexity index is 1700. The predicted molar refractivity (Wildman–Crippen MR) is 153 cm³/mol. The molecule has 1 saturated carbocycles. The number of fused-ring (bicyclic) bond motifs is 1. The van der Waals surface area contributed by atoms with Crippen LogP contribution in [0.5, 0.6) is 5.75 Å². The molecule has 2 aliphatic rings. The Morgan fingerprint density at radius 2 is 1.77 bits per heavy atom. The van der Waals surface area contributed by atoms with Gasteiger partial charge in [-0.25, -0.2) is 14.4 Å². The number of thiazole rings is 1. The molecule has 0 bridgehead atoms. The molecule has 3 heterocycles. The molecule has 200 valence electrons. The first-order chi connectivity index (χ1) is 19.0. The number of carbonyl (C=O) groups is 1. The minimum Gasteiger partial charge on any atom is -0.482 e. The Morgan fingerprint density at radius 1 is 1.00 bits per heavy atom. The molecule has 0 spiro atoms. The van der Waals surface area contributed by atoms with E-state index in [9.17, 15) is 9.59 Å². The van der Waals surface area contributed by atoms with Gasteiger partial charge < -0.3 is 10.1 Å². The van der Waals surface area contributed by atoms with Gasteiger partial charge >= 0.3 is 0 Å². The molecule has 2 aromatic carbocycles. The van der Waals surface area contributed by atoms with Gasteiger partial charge in [0.25, 0.3) is 11.5 Å². The summed E-state index contributed by atoms with van der Waals surface area (Å²) >= 11 is 1.44. The molecule has 0 saturated heterocycles. The zero-order valence-electron chi connectivity index (χ0n) is 22.0. The molecule has 2 aromatic heterocycles. The molecule has 0 unspecified atom stereocenters. The van der Waals surface area contributed by atoms with Crippen LogP contribution in [0, 0.1) is 6.92 Å². The molecule has 0 atom stereocenters. The third kappa shape index (κ3) is 4.87. The summed E-state index contributed by atoms with van der Waals surface area (Å²) in [7, 11) is 1.87. The molecule has 0 radical (unpaired) electrons. The van der Waals surface area contributed by atoms with E-state index >= 15 is 0 Å². The molecule has 1 amide bonds. The third-order valence-electron chi connectivity index (χ3n) is 7.25. The number of nitrogens with zero attached hydrogens (tertiary/aromatic N) is 5. The zero-order chi connectivity index (χ0) is 26.9. The number of ether oxygens (including phenoxy) is 1. The highest BCUT2D eigenvalue weighted by Gasteiger charge is 2.20. The van der Waals surface area contributed by atoms with Crippen molar-refractivity contribution in [2.45, 2.75) is 45.4 Å². The fourth-order valence-electron chi connectivity index (χ4n) is 5.07. The molecule has 39 heavy (non-hydrogen) atoms. The van der Waals surface area contributed by atoms with Crippen molar-refractivity contribution in [1.29, 1.82) is 0 Å². The maximum absolute atomic E-state index is 13.6. The van der Waals surface area contributed by atoms with Crippen LogP contribution in [-0.4, -0.2) is 32.3 Å².